The van der Waals surface area contributed by atoms with Gasteiger partial charge in [-0.15, -0.1) is 0 Å². The van der Waals surface area contributed by atoms with Gasteiger partial charge in [0.15, 0.2) is 5.69 Å². The number of nitrogens with one attached hydrogen (secondary N) is 3. The Balaban J connectivity index is 1.56. The molecule has 166 valence electrons. The van der Waals surface area contributed by atoms with Gasteiger partial charge in [-0.05, 0) is 54.6 Å². The summed E-state index contributed by atoms with van der Waals surface area (Å²) < 4.78 is 33.5. The molecule has 5 rings (SSSR count). The minimum absolute atomic E-state index is 0.0310. The molecule has 9 nitrogen and oxygen atoms in total. The van der Waals surface area contributed by atoms with Crippen molar-refractivity contribution in [2.75, 3.05) is 17.6 Å². The number of fused-ring (bicyclic) bond motifs is 2. The fourth-order valence-corrected chi connectivity index (χ4v) is 4.70. The topological polar surface area (TPSA) is 143 Å². The molecular formula is C23H19N5O4S. The number of hydrogen-bond acceptors (Lipinski definition) is 6. The van der Waals surface area contributed by atoms with E-state index in [9.17, 15) is 13.2 Å². The van der Waals surface area contributed by atoms with E-state index in [1.165, 1.54) is 19.2 Å². The van der Waals surface area contributed by atoms with E-state index in [0.717, 1.165) is 0 Å². The second-order valence-electron chi connectivity index (χ2n) is 7.39. The Bertz CT molecular complexity index is 1670. The number of rotatable bonds is 5. The molecule has 0 aliphatic rings. The first-order valence-corrected chi connectivity index (χ1v) is 11.4. The number of para-hydroxylation sites is 2. The molecule has 0 spiro atoms. The van der Waals surface area contributed by atoms with Gasteiger partial charge in [-0.2, -0.15) is 0 Å². The molecule has 5 N–H and O–H groups in total. The summed E-state index contributed by atoms with van der Waals surface area (Å²) in [6.45, 7) is 0. The first kappa shape index (κ1) is 20.6. The summed E-state index contributed by atoms with van der Waals surface area (Å²) in [4.78, 5) is 23.0. The van der Waals surface area contributed by atoms with Crippen LogP contribution in [0.15, 0.2) is 76.4 Å². The van der Waals surface area contributed by atoms with Crippen molar-refractivity contribution >= 4 is 43.3 Å². The van der Waals surface area contributed by atoms with Crippen molar-refractivity contribution in [2.45, 2.75) is 4.90 Å². The van der Waals surface area contributed by atoms with Crippen molar-refractivity contribution in [3.8, 4) is 17.1 Å². The molecule has 10 heteroatoms. The lowest BCUT2D eigenvalue weighted by atomic mass is 10.2. The van der Waals surface area contributed by atoms with Gasteiger partial charge in [0.05, 0.1) is 34.4 Å². The molecule has 2 aromatic heterocycles. The minimum Gasteiger partial charge on any atom is -0.497 e. The maximum Gasteiger partial charge on any atom is 0.276 e. The van der Waals surface area contributed by atoms with Gasteiger partial charge in [-0.1, -0.05) is 12.1 Å². The quantitative estimate of drug-likeness (QED) is 0.316. The van der Waals surface area contributed by atoms with E-state index in [1.54, 1.807) is 48.5 Å². The van der Waals surface area contributed by atoms with E-state index >= 15 is 0 Å². The number of aromatic nitrogens is 3. The van der Waals surface area contributed by atoms with Gasteiger partial charge < -0.3 is 20.4 Å². The number of aromatic amines is 2. The highest BCUT2D eigenvalue weighted by molar-refractivity contribution is 7.92. The van der Waals surface area contributed by atoms with Crippen LogP contribution in [0.1, 0.15) is 0 Å². The van der Waals surface area contributed by atoms with Crippen LogP contribution in [0.2, 0.25) is 0 Å². The average molecular weight is 462 g/mol. The zero-order chi connectivity index (χ0) is 23.2. The molecule has 0 bridgehead atoms. The number of nitrogens with two attached hydrogens (primary N) is 1. The summed E-state index contributed by atoms with van der Waals surface area (Å²) in [5.74, 6) is 0.615. The molecule has 33 heavy (non-hydrogen) atoms. The summed E-state index contributed by atoms with van der Waals surface area (Å²) in [6.07, 6.45) is 0. The Labute approximate surface area is 188 Å². The molecule has 3 aromatic carbocycles. The van der Waals surface area contributed by atoms with E-state index in [-0.39, 0.29) is 16.3 Å². The standard InChI is InChI=1S/C23H19N5O4S/c1-32-14-8-6-13(7-9-14)28-33(30,31)15-10-11-17-16(12-15)20(24)21(25-17)22-23(29)27-19-5-3-2-4-18(19)26-22/h2-12,25,28H,24H2,1H3,(H,27,29). The molecular weight excluding hydrogens is 442 g/mol. The molecule has 0 amide bonds. The van der Waals surface area contributed by atoms with Gasteiger partial charge in [-0.3, -0.25) is 9.52 Å². The van der Waals surface area contributed by atoms with Crippen LogP contribution in [0.25, 0.3) is 33.3 Å². The number of anilines is 2. The van der Waals surface area contributed by atoms with E-state index in [4.69, 9.17) is 10.5 Å². The van der Waals surface area contributed by atoms with Crippen molar-refractivity contribution in [2.24, 2.45) is 0 Å². The van der Waals surface area contributed by atoms with Gasteiger partial charge >= 0.3 is 0 Å². The van der Waals surface area contributed by atoms with Crippen LogP contribution in [0.5, 0.6) is 5.75 Å². The first-order valence-electron chi connectivity index (χ1n) is 9.93. The Morgan fingerprint density at radius 3 is 2.48 bits per heavy atom. The number of benzene rings is 3. The summed E-state index contributed by atoms with van der Waals surface area (Å²) in [6, 6.07) is 18.2. The van der Waals surface area contributed by atoms with Crippen LogP contribution in [0.3, 0.4) is 0 Å². The summed E-state index contributed by atoms with van der Waals surface area (Å²) >= 11 is 0. The van der Waals surface area contributed by atoms with Gasteiger partial charge in [0.25, 0.3) is 15.6 Å². The maximum atomic E-state index is 12.9. The van der Waals surface area contributed by atoms with Crippen LogP contribution in [-0.4, -0.2) is 30.5 Å². The first-order chi connectivity index (χ1) is 15.9. The third-order valence-corrected chi connectivity index (χ3v) is 6.68. The molecule has 0 aliphatic heterocycles. The Kier molecular flexibility index (Phi) is 4.79. The Morgan fingerprint density at radius 1 is 0.970 bits per heavy atom. The Hall–Kier alpha value is -4.31. The maximum absolute atomic E-state index is 12.9. The van der Waals surface area contributed by atoms with E-state index in [1.807, 2.05) is 6.07 Å². The molecule has 0 radical (unpaired) electrons. The van der Waals surface area contributed by atoms with Crippen molar-refractivity contribution < 1.29 is 13.2 Å². The molecule has 0 unspecified atom stereocenters. The third-order valence-electron chi connectivity index (χ3n) is 5.30. The van der Waals surface area contributed by atoms with Gasteiger partial charge in [-0.25, -0.2) is 13.4 Å². The highest BCUT2D eigenvalue weighted by atomic mass is 32.2. The van der Waals surface area contributed by atoms with Crippen molar-refractivity contribution in [1.82, 2.24) is 15.0 Å². The molecule has 5 aromatic rings. The summed E-state index contributed by atoms with van der Waals surface area (Å²) in [5.41, 5.74) is 8.81. The molecule has 0 fully saturated rings. The number of nitrogens with zero attached hydrogens (tertiary/aromatic N) is 1. The fraction of sp³-hybridized carbons (Fsp3) is 0.0435. The smallest absolute Gasteiger partial charge is 0.276 e. The number of methoxy groups -OCH3 is 1. The number of ether oxygens (including phenoxy) is 1. The molecule has 0 saturated heterocycles. The predicted octanol–water partition coefficient (Wildman–Crippen LogP) is 3.46. The number of H-pyrrole nitrogens is 2. The largest absolute Gasteiger partial charge is 0.497 e. The predicted molar refractivity (Wildman–Crippen MR) is 128 cm³/mol. The summed E-state index contributed by atoms with van der Waals surface area (Å²) in [7, 11) is -2.34. The average Bonchev–Trinajstić information content (AvgIpc) is 3.14. The minimum atomic E-state index is -3.88. The highest BCUT2D eigenvalue weighted by Gasteiger charge is 2.20. The van der Waals surface area contributed by atoms with Crippen LogP contribution in [0, 0.1) is 0 Å². The zero-order valence-corrected chi connectivity index (χ0v) is 18.2. The highest BCUT2D eigenvalue weighted by Crippen LogP contribution is 2.32. The van der Waals surface area contributed by atoms with Crippen molar-refractivity contribution in [1.29, 1.82) is 0 Å². The third kappa shape index (κ3) is 3.66. The van der Waals surface area contributed by atoms with Crippen LogP contribution in [-0.2, 0) is 10.0 Å². The monoisotopic (exact) mass is 461 g/mol. The van der Waals surface area contributed by atoms with Crippen LogP contribution >= 0.6 is 0 Å². The van der Waals surface area contributed by atoms with Gasteiger partial charge in [0.1, 0.15) is 5.75 Å². The van der Waals surface area contributed by atoms with Gasteiger partial charge in [0, 0.05) is 16.6 Å². The van der Waals surface area contributed by atoms with E-state index in [2.05, 4.69) is 19.7 Å². The SMILES string of the molecule is COc1ccc(NS(=O)(=O)c2ccc3[nH]c(-c4nc5ccccc5[nH]c4=O)c(N)c3c2)cc1. The van der Waals surface area contributed by atoms with E-state index in [0.29, 0.717) is 39.1 Å². The van der Waals surface area contributed by atoms with Crippen molar-refractivity contribution in [3.63, 3.8) is 0 Å². The normalized spacial score (nSPS) is 11.7. The summed E-state index contributed by atoms with van der Waals surface area (Å²) in [5, 5.41) is 0.469. The van der Waals surface area contributed by atoms with Crippen LogP contribution < -0.4 is 20.8 Å². The number of nitrogen functional groups attached to an aromatic ring is 1. The van der Waals surface area contributed by atoms with Crippen LogP contribution in [0.4, 0.5) is 11.4 Å². The zero-order valence-electron chi connectivity index (χ0n) is 17.4. The number of sulfonamides is 1. The lowest BCUT2D eigenvalue weighted by Crippen LogP contribution is -2.12. The fourth-order valence-electron chi connectivity index (χ4n) is 3.62. The molecule has 0 saturated carbocycles. The lowest BCUT2D eigenvalue weighted by molar-refractivity contribution is 0.415. The molecule has 2 heterocycles. The second-order valence-corrected chi connectivity index (χ2v) is 9.07. The molecule has 0 aliphatic carbocycles. The van der Waals surface area contributed by atoms with Gasteiger partial charge in [0.2, 0.25) is 0 Å². The van der Waals surface area contributed by atoms with Crippen molar-refractivity contribution in [3.05, 3.63) is 77.1 Å². The molecule has 0 atom stereocenters. The lowest BCUT2D eigenvalue weighted by Gasteiger charge is -2.09. The second kappa shape index (κ2) is 7.68. The Morgan fingerprint density at radius 2 is 1.73 bits per heavy atom. The van der Waals surface area contributed by atoms with E-state index < -0.39 is 15.6 Å². The number of hydrogen-bond donors (Lipinski definition) is 4.